The lowest BCUT2D eigenvalue weighted by Crippen LogP contribution is -2.56. The molecule has 2 aliphatic heterocycles. The quantitative estimate of drug-likeness (QED) is 0.249. The largest absolute Gasteiger partial charge is 0.490 e. The van der Waals surface area contributed by atoms with Gasteiger partial charge in [0.25, 0.3) is 0 Å². The Morgan fingerprint density at radius 3 is 2.65 bits per heavy atom. The number of carbonyl (C=O) groups is 1. The molecule has 3 atom stereocenters. The summed E-state index contributed by atoms with van der Waals surface area (Å²) in [7, 11) is 1.71. The molecule has 13 heteroatoms. The Labute approximate surface area is 283 Å². The smallest absolute Gasteiger partial charge is 0.410 e. The average Bonchev–Trinajstić information content (AvgIpc) is 3.57. The first kappa shape index (κ1) is 35.5. The summed E-state index contributed by atoms with van der Waals surface area (Å²) in [6.07, 6.45) is 1.69. The molecule has 1 saturated heterocycles. The van der Waals surface area contributed by atoms with E-state index >= 15 is 0 Å². The molecule has 5 rings (SSSR count). The van der Waals surface area contributed by atoms with Gasteiger partial charge >= 0.3 is 6.09 Å². The molecular weight excluding hydrogens is 616 g/mol. The first-order chi connectivity index (χ1) is 23.0. The van der Waals surface area contributed by atoms with Gasteiger partial charge in [0, 0.05) is 39.8 Å². The van der Waals surface area contributed by atoms with Gasteiger partial charge in [-0.05, 0) is 72.4 Å². The third-order valence-electron chi connectivity index (χ3n) is 8.56. The van der Waals surface area contributed by atoms with Gasteiger partial charge in [-0.25, -0.2) is 9.48 Å². The molecule has 1 fully saturated rings. The van der Waals surface area contributed by atoms with E-state index in [0.29, 0.717) is 45.9 Å². The molecule has 2 aromatic carbocycles. The highest BCUT2D eigenvalue weighted by atomic mass is 16.6. The second kappa shape index (κ2) is 16.1. The van der Waals surface area contributed by atoms with Crippen molar-refractivity contribution in [2.24, 2.45) is 5.92 Å². The predicted molar refractivity (Wildman–Crippen MR) is 179 cm³/mol. The summed E-state index contributed by atoms with van der Waals surface area (Å²) >= 11 is 0. The van der Waals surface area contributed by atoms with E-state index in [0.717, 1.165) is 47.6 Å². The number of hydrogen-bond donors (Lipinski definition) is 1. The third kappa shape index (κ3) is 9.43. The van der Waals surface area contributed by atoms with Gasteiger partial charge in [-0.2, -0.15) is 0 Å². The number of rotatable bonds is 14. The van der Waals surface area contributed by atoms with Crippen molar-refractivity contribution in [1.82, 2.24) is 25.1 Å². The molecule has 1 amide bonds. The number of carbonyl (C=O) groups excluding carboxylic acids is 1. The van der Waals surface area contributed by atoms with E-state index in [9.17, 15) is 9.90 Å². The van der Waals surface area contributed by atoms with Crippen LogP contribution in [0.2, 0.25) is 0 Å². The molecule has 13 nitrogen and oxygen atoms in total. The Morgan fingerprint density at radius 2 is 1.92 bits per heavy atom. The molecule has 0 radical (unpaired) electrons. The summed E-state index contributed by atoms with van der Waals surface area (Å²) in [4.78, 5) is 17.0. The fourth-order valence-electron chi connectivity index (χ4n) is 6.06. The van der Waals surface area contributed by atoms with Crippen molar-refractivity contribution < 1.29 is 33.6 Å². The third-order valence-corrected chi connectivity index (χ3v) is 8.56. The topological polar surface area (TPSA) is 134 Å². The van der Waals surface area contributed by atoms with Gasteiger partial charge < -0.3 is 38.6 Å². The molecule has 0 unspecified atom stereocenters. The van der Waals surface area contributed by atoms with Crippen LogP contribution in [0.25, 0.3) is 0 Å². The number of anilines is 1. The first-order valence-corrected chi connectivity index (χ1v) is 16.7. The Morgan fingerprint density at radius 1 is 1.12 bits per heavy atom. The number of hydrogen-bond acceptors (Lipinski definition) is 11. The SMILES string of the molecule is COCCCN1CCOc2ccc(CO[C@H]3CN(C(=O)OC(C)(C)C)CC[C@]3(O)c3ccc(COC[C@@H](C)Cn4cnnn4)cc3)cc21. The van der Waals surface area contributed by atoms with Gasteiger partial charge in [0.1, 0.15) is 36.0 Å². The van der Waals surface area contributed by atoms with E-state index in [2.05, 4.69) is 33.4 Å². The van der Waals surface area contributed by atoms with Crippen LogP contribution in [0.4, 0.5) is 10.5 Å². The number of benzene rings is 2. The van der Waals surface area contributed by atoms with E-state index in [1.54, 1.807) is 23.0 Å². The van der Waals surface area contributed by atoms with Crippen LogP contribution in [-0.4, -0.2) is 101 Å². The Kier molecular flexibility index (Phi) is 11.9. The van der Waals surface area contributed by atoms with Crippen molar-refractivity contribution in [2.45, 2.75) is 77.6 Å². The van der Waals surface area contributed by atoms with Gasteiger partial charge in [-0.3, -0.25) is 0 Å². The maximum Gasteiger partial charge on any atom is 0.410 e. The van der Waals surface area contributed by atoms with Crippen LogP contribution in [0.15, 0.2) is 48.8 Å². The molecule has 262 valence electrons. The number of ether oxygens (including phenoxy) is 5. The van der Waals surface area contributed by atoms with Gasteiger partial charge in [-0.1, -0.05) is 37.3 Å². The molecule has 0 aliphatic carbocycles. The number of likely N-dealkylation sites (tertiary alicyclic amines) is 1. The number of tetrazole rings is 1. The molecule has 3 heterocycles. The van der Waals surface area contributed by atoms with Crippen LogP contribution >= 0.6 is 0 Å². The number of nitrogens with zero attached hydrogens (tertiary/aromatic N) is 6. The Bertz CT molecular complexity index is 1450. The van der Waals surface area contributed by atoms with E-state index in [-0.39, 0.29) is 19.1 Å². The molecule has 1 N–H and O–H groups in total. The number of amides is 1. The number of piperidine rings is 1. The number of aromatic nitrogens is 4. The first-order valence-electron chi connectivity index (χ1n) is 16.7. The second-order valence-electron chi connectivity index (χ2n) is 13.7. The lowest BCUT2D eigenvalue weighted by atomic mass is 9.81. The van der Waals surface area contributed by atoms with Crippen LogP contribution in [0, 0.1) is 5.92 Å². The lowest BCUT2D eigenvalue weighted by molar-refractivity contribution is -0.154. The molecule has 48 heavy (non-hydrogen) atoms. The van der Waals surface area contributed by atoms with Crippen LogP contribution in [0.5, 0.6) is 5.75 Å². The molecule has 2 aliphatic rings. The minimum absolute atomic E-state index is 0.187. The second-order valence-corrected chi connectivity index (χ2v) is 13.7. The molecule has 0 saturated carbocycles. The summed E-state index contributed by atoms with van der Waals surface area (Å²) in [6.45, 7) is 13.1. The zero-order chi connectivity index (χ0) is 34.1. The van der Waals surface area contributed by atoms with E-state index in [1.807, 2.05) is 57.2 Å². The van der Waals surface area contributed by atoms with Gasteiger partial charge in [0.15, 0.2) is 0 Å². The summed E-state index contributed by atoms with van der Waals surface area (Å²) in [5.41, 5.74) is 1.75. The van der Waals surface area contributed by atoms with Crippen LogP contribution in [0.3, 0.4) is 0 Å². The predicted octanol–water partition coefficient (Wildman–Crippen LogP) is 4.18. The van der Waals surface area contributed by atoms with Gasteiger partial charge in [0.05, 0.1) is 38.6 Å². The van der Waals surface area contributed by atoms with Crippen molar-refractivity contribution in [3.63, 3.8) is 0 Å². The summed E-state index contributed by atoms with van der Waals surface area (Å²) in [5, 5.41) is 23.5. The lowest BCUT2D eigenvalue weighted by Gasteiger charge is -2.44. The average molecular weight is 667 g/mol. The van der Waals surface area contributed by atoms with Gasteiger partial charge in [-0.15, -0.1) is 5.10 Å². The fraction of sp³-hybridized carbons (Fsp3) is 0.600. The van der Waals surface area contributed by atoms with Crippen LogP contribution in [-0.2, 0) is 44.3 Å². The maximum absolute atomic E-state index is 13.1. The molecule has 1 aromatic heterocycles. The highest BCUT2D eigenvalue weighted by molar-refractivity contribution is 5.68. The Hall–Kier alpha value is -3.78. The number of fused-ring (bicyclic) bond motifs is 1. The molecule has 0 bridgehead atoms. The molecule has 0 spiro atoms. The van der Waals surface area contributed by atoms with Crippen molar-refractivity contribution in [2.75, 3.05) is 58.0 Å². The van der Waals surface area contributed by atoms with Crippen molar-refractivity contribution in [3.05, 3.63) is 65.5 Å². The zero-order valence-electron chi connectivity index (χ0n) is 28.8. The monoisotopic (exact) mass is 666 g/mol. The standard InChI is InChI=1S/C35H50N6O7/c1-26(20-41-25-36-37-38-41)22-45-23-27-7-10-29(11-8-27)35(43)13-15-40(33(42)48-34(2,3)4)21-32(35)47-24-28-9-12-31-30(19-28)39(16-18-46-31)14-6-17-44-5/h7-12,19,25-26,32,43H,6,13-18,20-24H2,1-5H3/t26-,32-,35-/m0/s1. The van der Waals surface area contributed by atoms with E-state index in [1.165, 1.54) is 0 Å². The molecule has 3 aromatic rings. The summed E-state index contributed by atoms with van der Waals surface area (Å²) < 4.78 is 31.0. The minimum atomic E-state index is -1.32. The highest BCUT2D eigenvalue weighted by Crippen LogP contribution is 2.37. The van der Waals surface area contributed by atoms with E-state index in [4.69, 9.17) is 23.7 Å². The van der Waals surface area contributed by atoms with Crippen LogP contribution < -0.4 is 9.64 Å². The Balaban J connectivity index is 1.27. The fourth-order valence-corrected chi connectivity index (χ4v) is 6.06. The van der Waals surface area contributed by atoms with Crippen molar-refractivity contribution >= 4 is 11.8 Å². The maximum atomic E-state index is 13.1. The van der Waals surface area contributed by atoms with E-state index < -0.39 is 23.4 Å². The van der Waals surface area contributed by atoms with Crippen molar-refractivity contribution in [3.8, 4) is 5.75 Å². The minimum Gasteiger partial charge on any atom is -0.490 e. The van der Waals surface area contributed by atoms with Gasteiger partial charge in [0.2, 0.25) is 0 Å². The van der Waals surface area contributed by atoms with Crippen molar-refractivity contribution in [1.29, 1.82) is 0 Å². The zero-order valence-corrected chi connectivity index (χ0v) is 28.8. The van der Waals surface area contributed by atoms with Crippen LogP contribution in [0.1, 0.15) is 57.2 Å². The number of methoxy groups -OCH3 is 1. The molecular formula is C35H50N6O7. The summed E-state index contributed by atoms with van der Waals surface area (Å²) in [5.74, 6) is 1.08. The summed E-state index contributed by atoms with van der Waals surface area (Å²) in [6, 6.07) is 13.9. The number of aliphatic hydroxyl groups is 1. The normalized spacial score (nSPS) is 20.2. The highest BCUT2D eigenvalue weighted by Gasteiger charge is 2.45.